The number of nitrogens with zero attached hydrogens (tertiary/aromatic N) is 5. The minimum absolute atomic E-state index is 0.0985. The Morgan fingerprint density at radius 2 is 2.04 bits per heavy atom. The zero-order valence-electron chi connectivity index (χ0n) is 14.2. The fraction of sp³-hybridized carbons (Fsp3) is 0.333. The molecule has 2 aliphatic rings. The van der Waals surface area contributed by atoms with Crippen molar-refractivity contribution in [1.29, 1.82) is 0 Å². The van der Waals surface area contributed by atoms with Gasteiger partial charge >= 0.3 is 0 Å². The number of rotatable bonds is 2. The van der Waals surface area contributed by atoms with Gasteiger partial charge in [0.2, 0.25) is 5.91 Å². The summed E-state index contributed by atoms with van der Waals surface area (Å²) in [5, 5.41) is 20.1. The van der Waals surface area contributed by atoms with Crippen LogP contribution in [0.15, 0.2) is 36.5 Å². The van der Waals surface area contributed by atoms with Crippen LogP contribution >= 0.6 is 0 Å². The quantitative estimate of drug-likeness (QED) is 0.706. The van der Waals surface area contributed by atoms with Gasteiger partial charge in [-0.25, -0.2) is 0 Å². The molecule has 2 saturated heterocycles. The van der Waals surface area contributed by atoms with Crippen LogP contribution in [0.3, 0.4) is 0 Å². The van der Waals surface area contributed by atoms with Crippen molar-refractivity contribution >= 4 is 22.6 Å². The lowest BCUT2D eigenvalue weighted by Gasteiger charge is -2.42. The van der Waals surface area contributed by atoms with Crippen molar-refractivity contribution in [3.05, 3.63) is 36.5 Å². The van der Waals surface area contributed by atoms with Gasteiger partial charge in [0.25, 0.3) is 0 Å². The first-order valence-corrected chi connectivity index (χ1v) is 8.83. The van der Waals surface area contributed by atoms with Gasteiger partial charge < -0.3 is 5.32 Å². The summed E-state index contributed by atoms with van der Waals surface area (Å²) < 4.78 is 0. The number of carbonyl (C=O) groups excluding carboxylic acids is 1. The maximum atomic E-state index is 12.8. The standard InChI is InChI=1S/C18H19N7O/c26-18-16-11-19-6-7-24(16)8-9-25(18)17-5-4-15(22-23-17)12-2-1-3-14-13(12)10-20-21-14/h1-5,10,16,19H,6-9,11H2,(H,20,21)/t16-/m1/s1. The van der Waals surface area contributed by atoms with Gasteiger partial charge in [0.05, 0.1) is 17.4 Å². The molecule has 4 heterocycles. The van der Waals surface area contributed by atoms with Gasteiger partial charge in [-0.1, -0.05) is 12.1 Å². The topological polar surface area (TPSA) is 90.0 Å². The lowest BCUT2D eigenvalue weighted by Crippen LogP contribution is -2.64. The van der Waals surface area contributed by atoms with E-state index in [2.05, 4.69) is 30.6 Å². The molecule has 0 radical (unpaired) electrons. The van der Waals surface area contributed by atoms with Crippen molar-refractivity contribution in [2.24, 2.45) is 0 Å². The van der Waals surface area contributed by atoms with Crippen molar-refractivity contribution in [1.82, 2.24) is 30.6 Å². The summed E-state index contributed by atoms with van der Waals surface area (Å²) in [6.07, 6.45) is 1.79. The number of aromatic amines is 1. The summed E-state index contributed by atoms with van der Waals surface area (Å²) in [5.74, 6) is 0.714. The molecule has 2 aromatic heterocycles. The van der Waals surface area contributed by atoms with E-state index in [-0.39, 0.29) is 11.9 Å². The third-order valence-electron chi connectivity index (χ3n) is 5.20. The molecule has 5 rings (SSSR count). The number of anilines is 1. The number of benzene rings is 1. The first-order valence-electron chi connectivity index (χ1n) is 8.83. The lowest BCUT2D eigenvalue weighted by molar-refractivity contribution is -0.126. The highest BCUT2D eigenvalue weighted by Gasteiger charge is 2.37. The predicted octanol–water partition coefficient (Wildman–Crippen LogP) is 0.640. The van der Waals surface area contributed by atoms with Crippen LogP contribution in [0.2, 0.25) is 0 Å². The highest BCUT2D eigenvalue weighted by atomic mass is 16.2. The van der Waals surface area contributed by atoms with Crippen LogP contribution in [0.25, 0.3) is 22.2 Å². The van der Waals surface area contributed by atoms with E-state index in [1.54, 1.807) is 11.1 Å². The van der Waals surface area contributed by atoms with Gasteiger partial charge in [-0.3, -0.25) is 19.7 Å². The van der Waals surface area contributed by atoms with Crippen molar-refractivity contribution < 1.29 is 4.79 Å². The number of hydrogen-bond acceptors (Lipinski definition) is 6. The Morgan fingerprint density at radius 1 is 1.08 bits per heavy atom. The Labute approximate surface area is 150 Å². The first kappa shape index (κ1) is 15.4. The molecule has 2 aliphatic heterocycles. The van der Waals surface area contributed by atoms with E-state index >= 15 is 0 Å². The Balaban J connectivity index is 1.43. The van der Waals surface area contributed by atoms with E-state index in [4.69, 9.17) is 0 Å². The second-order valence-corrected chi connectivity index (χ2v) is 6.66. The predicted molar refractivity (Wildman–Crippen MR) is 97.7 cm³/mol. The molecule has 1 aromatic carbocycles. The number of aromatic nitrogens is 4. The molecule has 8 heteroatoms. The third kappa shape index (κ3) is 2.46. The number of H-pyrrole nitrogens is 1. The highest BCUT2D eigenvalue weighted by molar-refractivity contribution is 5.98. The van der Waals surface area contributed by atoms with Crippen LogP contribution in [0, 0.1) is 0 Å². The maximum Gasteiger partial charge on any atom is 0.246 e. The molecule has 0 bridgehead atoms. The van der Waals surface area contributed by atoms with E-state index in [1.165, 1.54) is 0 Å². The maximum absolute atomic E-state index is 12.8. The van der Waals surface area contributed by atoms with Gasteiger partial charge in [-0.2, -0.15) is 5.10 Å². The van der Waals surface area contributed by atoms with Crippen LogP contribution in [-0.2, 0) is 4.79 Å². The summed E-state index contributed by atoms with van der Waals surface area (Å²) in [6.45, 7) is 4.08. The fourth-order valence-corrected chi connectivity index (χ4v) is 3.81. The number of carbonyl (C=O) groups is 1. The summed E-state index contributed by atoms with van der Waals surface area (Å²) >= 11 is 0. The third-order valence-corrected chi connectivity index (χ3v) is 5.20. The SMILES string of the molecule is O=C1[C@H]2CNCCN2CCN1c1ccc(-c2cccc3[nH]ncc23)nn1. The number of piperazine rings is 2. The van der Waals surface area contributed by atoms with Crippen molar-refractivity contribution in [2.75, 3.05) is 37.6 Å². The second kappa shape index (κ2) is 6.15. The summed E-state index contributed by atoms with van der Waals surface area (Å²) in [7, 11) is 0. The van der Waals surface area contributed by atoms with Gasteiger partial charge in [0.15, 0.2) is 5.82 Å². The average Bonchev–Trinajstić information content (AvgIpc) is 3.18. The molecular formula is C18H19N7O. The van der Waals surface area contributed by atoms with E-state index in [9.17, 15) is 4.79 Å². The average molecular weight is 349 g/mol. The van der Waals surface area contributed by atoms with Gasteiger partial charge in [0.1, 0.15) is 6.04 Å². The zero-order chi connectivity index (χ0) is 17.5. The largest absolute Gasteiger partial charge is 0.313 e. The minimum Gasteiger partial charge on any atom is -0.313 e. The van der Waals surface area contributed by atoms with E-state index < -0.39 is 0 Å². The Hall–Kier alpha value is -2.84. The number of fused-ring (bicyclic) bond motifs is 2. The van der Waals surface area contributed by atoms with Crippen molar-refractivity contribution in [3.8, 4) is 11.3 Å². The minimum atomic E-state index is -0.0985. The fourth-order valence-electron chi connectivity index (χ4n) is 3.81. The van der Waals surface area contributed by atoms with Gasteiger partial charge in [0, 0.05) is 43.7 Å². The van der Waals surface area contributed by atoms with Crippen LogP contribution < -0.4 is 10.2 Å². The number of amides is 1. The monoisotopic (exact) mass is 349 g/mol. The molecule has 26 heavy (non-hydrogen) atoms. The normalized spacial score (nSPS) is 21.2. The Kier molecular flexibility index (Phi) is 3.65. The van der Waals surface area contributed by atoms with Crippen molar-refractivity contribution in [3.63, 3.8) is 0 Å². The summed E-state index contributed by atoms with van der Waals surface area (Å²) in [5.41, 5.74) is 2.71. The molecule has 1 amide bonds. The highest BCUT2D eigenvalue weighted by Crippen LogP contribution is 2.27. The lowest BCUT2D eigenvalue weighted by atomic mass is 10.1. The molecule has 0 aliphatic carbocycles. The number of nitrogens with one attached hydrogen (secondary N) is 2. The van der Waals surface area contributed by atoms with Crippen LogP contribution in [0.4, 0.5) is 5.82 Å². The molecule has 1 atom stereocenters. The zero-order valence-corrected chi connectivity index (χ0v) is 14.2. The molecule has 2 fully saturated rings. The van der Waals surface area contributed by atoms with Crippen LogP contribution in [0.5, 0.6) is 0 Å². The van der Waals surface area contributed by atoms with Crippen molar-refractivity contribution in [2.45, 2.75) is 6.04 Å². The molecule has 0 saturated carbocycles. The smallest absolute Gasteiger partial charge is 0.246 e. The number of hydrogen-bond donors (Lipinski definition) is 2. The molecule has 8 nitrogen and oxygen atoms in total. The molecule has 3 aromatic rings. The summed E-state index contributed by atoms with van der Waals surface area (Å²) in [4.78, 5) is 16.8. The van der Waals surface area contributed by atoms with Gasteiger partial charge in [-0.05, 0) is 18.2 Å². The molecule has 132 valence electrons. The molecule has 0 unspecified atom stereocenters. The van der Waals surface area contributed by atoms with Crippen LogP contribution in [-0.4, -0.2) is 70.0 Å². The molecule has 2 N–H and O–H groups in total. The first-order chi connectivity index (χ1) is 12.8. The molecular weight excluding hydrogens is 330 g/mol. The Morgan fingerprint density at radius 3 is 2.92 bits per heavy atom. The summed E-state index contributed by atoms with van der Waals surface area (Å²) in [6, 6.07) is 9.64. The van der Waals surface area contributed by atoms with E-state index in [0.29, 0.717) is 18.9 Å². The Bertz CT molecular complexity index is 952. The second-order valence-electron chi connectivity index (χ2n) is 6.66. The van der Waals surface area contributed by atoms with Gasteiger partial charge in [-0.15, -0.1) is 10.2 Å². The van der Waals surface area contributed by atoms with E-state index in [0.717, 1.165) is 41.8 Å². The van der Waals surface area contributed by atoms with Crippen LogP contribution in [0.1, 0.15) is 0 Å². The van der Waals surface area contributed by atoms with E-state index in [1.807, 2.05) is 30.3 Å². The molecule has 0 spiro atoms.